The van der Waals surface area contributed by atoms with Gasteiger partial charge in [-0.2, -0.15) is 5.26 Å². The molecule has 0 aliphatic rings. The third kappa shape index (κ3) is 5.43. The molecule has 0 radical (unpaired) electrons. The molecular weight excluding hydrogens is 316 g/mol. The summed E-state index contributed by atoms with van der Waals surface area (Å²) < 4.78 is 0. The number of aromatic nitrogens is 1. The minimum atomic E-state index is -0.435. The number of carbonyl (C=O) groups excluding carboxylic acids is 2. The van der Waals surface area contributed by atoms with E-state index in [1.54, 1.807) is 36.4 Å². The molecule has 0 bridgehead atoms. The first-order valence-electron chi connectivity index (χ1n) is 8.21. The molecule has 0 atom stereocenters. The molecule has 0 fully saturated rings. The summed E-state index contributed by atoms with van der Waals surface area (Å²) in [4.78, 5) is 28.5. The van der Waals surface area contributed by atoms with Crippen molar-refractivity contribution in [3.63, 3.8) is 0 Å². The number of nitrogens with zero attached hydrogens (tertiary/aromatic N) is 2. The average Bonchev–Trinajstić information content (AvgIpc) is 2.65. The number of carbonyl (C=O) groups is 2. The normalized spacial score (nSPS) is 9.92. The van der Waals surface area contributed by atoms with Crippen LogP contribution in [0, 0.1) is 11.3 Å². The highest BCUT2D eigenvalue weighted by Gasteiger charge is 2.12. The van der Waals surface area contributed by atoms with Gasteiger partial charge in [0.15, 0.2) is 0 Å². The fourth-order valence-electron chi connectivity index (χ4n) is 2.22. The van der Waals surface area contributed by atoms with Crippen LogP contribution in [-0.2, 0) is 0 Å². The van der Waals surface area contributed by atoms with Crippen LogP contribution >= 0.6 is 0 Å². The van der Waals surface area contributed by atoms with Gasteiger partial charge in [-0.1, -0.05) is 31.9 Å². The molecule has 1 aromatic heterocycles. The average molecular weight is 336 g/mol. The highest BCUT2D eigenvalue weighted by molar-refractivity contribution is 6.03. The van der Waals surface area contributed by atoms with Crippen LogP contribution < -0.4 is 10.6 Å². The molecule has 0 saturated carbocycles. The Morgan fingerprint density at radius 3 is 2.52 bits per heavy atom. The summed E-state index contributed by atoms with van der Waals surface area (Å²) >= 11 is 0. The Hall–Kier alpha value is -3.20. The Labute approximate surface area is 146 Å². The second-order valence-electron chi connectivity index (χ2n) is 5.52. The number of hydrogen-bond acceptors (Lipinski definition) is 4. The Morgan fingerprint density at radius 1 is 1.08 bits per heavy atom. The zero-order valence-electron chi connectivity index (χ0n) is 14.1. The van der Waals surface area contributed by atoms with Gasteiger partial charge in [0.05, 0.1) is 11.6 Å². The predicted molar refractivity (Wildman–Crippen MR) is 95.2 cm³/mol. The standard InChI is InChI=1S/C19H20N4O2/c1-2-3-4-11-21-18(24)16-9-6-10-17(23-16)19(25)22-15-8-5-7-14(12-15)13-20/h5-10,12H,2-4,11H2,1H3,(H,21,24)(H,22,25). The predicted octanol–water partition coefficient (Wildman–Crippen LogP) is 3.13. The van der Waals surface area contributed by atoms with Crippen molar-refractivity contribution < 1.29 is 9.59 Å². The summed E-state index contributed by atoms with van der Waals surface area (Å²) in [5.41, 5.74) is 1.30. The molecule has 25 heavy (non-hydrogen) atoms. The van der Waals surface area contributed by atoms with Crippen LogP contribution in [0.1, 0.15) is 52.7 Å². The minimum absolute atomic E-state index is 0.142. The molecular formula is C19H20N4O2. The largest absolute Gasteiger partial charge is 0.351 e. The van der Waals surface area contributed by atoms with E-state index in [2.05, 4.69) is 22.5 Å². The molecule has 0 unspecified atom stereocenters. The van der Waals surface area contributed by atoms with Gasteiger partial charge in [-0.3, -0.25) is 9.59 Å². The van der Waals surface area contributed by atoms with Crippen molar-refractivity contribution >= 4 is 17.5 Å². The molecule has 2 rings (SSSR count). The van der Waals surface area contributed by atoms with Crippen molar-refractivity contribution in [3.05, 3.63) is 59.4 Å². The molecule has 1 heterocycles. The number of rotatable bonds is 7. The molecule has 0 spiro atoms. The van der Waals surface area contributed by atoms with E-state index in [1.165, 1.54) is 6.07 Å². The van der Waals surface area contributed by atoms with Crippen LogP contribution in [0.15, 0.2) is 42.5 Å². The molecule has 2 N–H and O–H groups in total. The molecule has 6 heteroatoms. The fraction of sp³-hybridized carbons (Fsp3) is 0.263. The van der Waals surface area contributed by atoms with E-state index in [0.29, 0.717) is 17.8 Å². The lowest BCUT2D eigenvalue weighted by Crippen LogP contribution is -2.26. The summed E-state index contributed by atoms with van der Waals surface area (Å²) in [5, 5.41) is 14.4. The molecule has 1 aromatic carbocycles. The summed E-state index contributed by atoms with van der Waals surface area (Å²) in [6.07, 6.45) is 3.05. The summed E-state index contributed by atoms with van der Waals surface area (Å²) in [6.45, 7) is 2.68. The molecule has 0 aliphatic carbocycles. The van der Waals surface area contributed by atoms with Crippen LogP contribution in [0.2, 0.25) is 0 Å². The summed E-state index contributed by atoms with van der Waals surface area (Å²) in [6, 6.07) is 13.3. The van der Waals surface area contributed by atoms with Crippen molar-refractivity contribution in [1.29, 1.82) is 5.26 Å². The van der Waals surface area contributed by atoms with Crippen molar-refractivity contribution in [2.24, 2.45) is 0 Å². The number of pyridine rings is 1. The number of hydrogen-bond donors (Lipinski definition) is 2. The topological polar surface area (TPSA) is 94.9 Å². The first kappa shape index (κ1) is 18.1. The number of nitrogens with one attached hydrogen (secondary N) is 2. The molecule has 0 saturated heterocycles. The second-order valence-corrected chi connectivity index (χ2v) is 5.52. The fourth-order valence-corrected chi connectivity index (χ4v) is 2.22. The van der Waals surface area contributed by atoms with Gasteiger partial charge in [-0.05, 0) is 36.8 Å². The monoisotopic (exact) mass is 336 g/mol. The van der Waals surface area contributed by atoms with Crippen molar-refractivity contribution in [1.82, 2.24) is 10.3 Å². The Balaban J connectivity index is 2.03. The SMILES string of the molecule is CCCCCNC(=O)c1cccc(C(=O)Nc2cccc(C#N)c2)n1. The van der Waals surface area contributed by atoms with Gasteiger partial charge in [-0.15, -0.1) is 0 Å². The summed E-state index contributed by atoms with van der Waals surface area (Å²) in [5.74, 6) is -0.729. The maximum Gasteiger partial charge on any atom is 0.274 e. The molecule has 0 aliphatic heterocycles. The van der Waals surface area contributed by atoms with Crippen molar-refractivity contribution in [2.75, 3.05) is 11.9 Å². The van der Waals surface area contributed by atoms with Gasteiger partial charge < -0.3 is 10.6 Å². The highest BCUT2D eigenvalue weighted by Crippen LogP contribution is 2.11. The van der Waals surface area contributed by atoms with E-state index in [4.69, 9.17) is 5.26 Å². The smallest absolute Gasteiger partial charge is 0.274 e. The first-order valence-corrected chi connectivity index (χ1v) is 8.21. The van der Waals surface area contributed by atoms with E-state index >= 15 is 0 Å². The van der Waals surface area contributed by atoms with Gasteiger partial charge in [0.2, 0.25) is 0 Å². The second kappa shape index (κ2) is 9.18. The number of nitriles is 1. The molecule has 128 valence electrons. The van der Waals surface area contributed by atoms with Gasteiger partial charge >= 0.3 is 0 Å². The van der Waals surface area contributed by atoms with Gasteiger partial charge in [0, 0.05) is 12.2 Å². The van der Waals surface area contributed by atoms with Crippen molar-refractivity contribution in [2.45, 2.75) is 26.2 Å². The van der Waals surface area contributed by atoms with E-state index in [1.807, 2.05) is 6.07 Å². The Morgan fingerprint density at radius 2 is 1.80 bits per heavy atom. The van der Waals surface area contributed by atoms with Crippen LogP contribution in [0.5, 0.6) is 0 Å². The van der Waals surface area contributed by atoms with Gasteiger partial charge in [0.1, 0.15) is 11.4 Å². The first-order chi connectivity index (χ1) is 12.1. The van der Waals surface area contributed by atoms with Gasteiger partial charge in [-0.25, -0.2) is 4.98 Å². The lowest BCUT2D eigenvalue weighted by molar-refractivity contribution is 0.0948. The molecule has 2 aromatic rings. The van der Waals surface area contributed by atoms with Crippen LogP contribution in [0.25, 0.3) is 0 Å². The van der Waals surface area contributed by atoms with Crippen LogP contribution in [0.3, 0.4) is 0 Å². The maximum atomic E-state index is 12.3. The quantitative estimate of drug-likeness (QED) is 0.759. The molecule has 6 nitrogen and oxygen atoms in total. The lowest BCUT2D eigenvalue weighted by atomic mass is 10.2. The van der Waals surface area contributed by atoms with E-state index in [0.717, 1.165) is 19.3 Å². The number of anilines is 1. The Bertz CT molecular complexity index is 796. The highest BCUT2D eigenvalue weighted by atomic mass is 16.2. The van der Waals surface area contributed by atoms with E-state index in [-0.39, 0.29) is 17.3 Å². The van der Waals surface area contributed by atoms with Crippen LogP contribution in [-0.4, -0.2) is 23.3 Å². The van der Waals surface area contributed by atoms with Crippen LogP contribution in [0.4, 0.5) is 5.69 Å². The minimum Gasteiger partial charge on any atom is -0.351 e. The van der Waals surface area contributed by atoms with E-state index in [9.17, 15) is 9.59 Å². The third-order valence-electron chi connectivity index (χ3n) is 3.53. The number of benzene rings is 1. The van der Waals surface area contributed by atoms with Gasteiger partial charge in [0.25, 0.3) is 11.8 Å². The number of unbranched alkanes of at least 4 members (excludes halogenated alkanes) is 2. The van der Waals surface area contributed by atoms with E-state index < -0.39 is 5.91 Å². The zero-order valence-corrected chi connectivity index (χ0v) is 14.1. The van der Waals surface area contributed by atoms with Crippen molar-refractivity contribution in [3.8, 4) is 6.07 Å². The third-order valence-corrected chi connectivity index (χ3v) is 3.53. The number of amides is 2. The zero-order chi connectivity index (χ0) is 18.1. The maximum absolute atomic E-state index is 12.3. The molecule has 2 amide bonds. The lowest BCUT2D eigenvalue weighted by Gasteiger charge is -2.07. The Kier molecular flexibility index (Phi) is 6.66. The summed E-state index contributed by atoms with van der Waals surface area (Å²) in [7, 11) is 0.